The molecule has 1 aromatic rings. The number of thioether (sulfide) groups is 1. The molecular formula is C21H29ClF3NO2S. The number of carboxylic acid groups (broad SMARTS) is 1. The minimum absolute atomic E-state index is 0.0666. The molecule has 1 aromatic carbocycles. The summed E-state index contributed by atoms with van der Waals surface area (Å²) < 4.78 is 40.9. The fourth-order valence-electron chi connectivity index (χ4n) is 4.11. The van der Waals surface area contributed by atoms with Crippen LogP contribution in [0.15, 0.2) is 18.2 Å². The lowest BCUT2D eigenvalue weighted by Crippen LogP contribution is -2.33. The summed E-state index contributed by atoms with van der Waals surface area (Å²) in [6.07, 6.45) is -1.34. The second-order valence-electron chi connectivity index (χ2n) is 7.92. The Morgan fingerprint density at radius 3 is 2.41 bits per heavy atom. The van der Waals surface area contributed by atoms with Gasteiger partial charge in [0.25, 0.3) is 0 Å². The van der Waals surface area contributed by atoms with Gasteiger partial charge < -0.3 is 10.8 Å². The van der Waals surface area contributed by atoms with Crippen LogP contribution in [0.25, 0.3) is 0 Å². The van der Waals surface area contributed by atoms with Crippen LogP contribution in [0.4, 0.5) is 13.2 Å². The quantitative estimate of drug-likeness (QED) is 0.450. The molecule has 0 radical (unpaired) electrons. The lowest BCUT2D eigenvalue weighted by atomic mass is 9.73. The van der Waals surface area contributed by atoms with Crippen LogP contribution in [0.1, 0.15) is 55.6 Å². The van der Waals surface area contributed by atoms with Crippen LogP contribution in [0.3, 0.4) is 0 Å². The van der Waals surface area contributed by atoms with Crippen molar-refractivity contribution in [1.29, 1.82) is 0 Å². The van der Waals surface area contributed by atoms with E-state index in [2.05, 4.69) is 0 Å². The number of rotatable bonds is 9. The summed E-state index contributed by atoms with van der Waals surface area (Å²) in [5.41, 5.74) is 7.54. The van der Waals surface area contributed by atoms with Crippen molar-refractivity contribution in [2.45, 2.75) is 63.6 Å². The number of hydrogen-bond acceptors (Lipinski definition) is 3. The third-order valence-electron chi connectivity index (χ3n) is 5.82. The van der Waals surface area contributed by atoms with E-state index in [-0.39, 0.29) is 24.7 Å². The zero-order valence-electron chi connectivity index (χ0n) is 16.6. The molecule has 2 atom stereocenters. The van der Waals surface area contributed by atoms with Crippen LogP contribution in [-0.2, 0) is 4.79 Å². The standard InChI is InChI=1S/C21H29ClF3NO2S/c1-13-2-7-16(18(22)12-13)14-3-5-15(6-4-14)17(21(23,24)25)8-10-29-11-9-19(26)20(27)28/h2,7,12,14-15,17,19H,3-6,8-11,26H2,1H3,(H,27,28). The molecule has 0 spiro atoms. The van der Waals surface area contributed by atoms with Crippen molar-refractivity contribution in [3.63, 3.8) is 0 Å². The Labute approximate surface area is 179 Å². The number of hydrogen-bond donors (Lipinski definition) is 2. The van der Waals surface area contributed by atoms with Crippen molar-refractivity contribution in [1.82, 2.24) is 0 Å². The molecule has 1 aliphatic rings. The van der Waals surface area contributed by atoms with Crippen LogP contribution in [0.2, 0.25) is 5.02 Å². The minimum Gasteiger partial charge on any atom is -0.480 e. The average Bonchev–Trinajstić information content (AvgIpc) is 2.63. The maximum atomic E-state index is 13.6. The second kappa shape index (κ2) is 10.9. The monoisotopic (exact) mass is 451 g/mol. The maximum absolute atomic E-state index is 13.6. The first-order chi connectivity index (χ1) is 13.6. The Kier molecular flexibility index (Phi) is 9.16. The summed E-state index contributed by atoms with van der Waals surface area (Å²) in [5.74, 6) is -1.71. The molecule has 0 aliphatic heterocycles. The van der Waals surface area contributed by atoms with Gasteiger partial charge in [0.1, 0.15) is 6.04 Å². The Bertz CT molecular complexity index is 678. The van der Waals surface area contributed by atoms with Crippen molar-refractivity contribution in [2.24, 2.45) is 17.6 Å². The van der Waals surface area contributed by atoms with E-state index in [1.807, 2.05) is 25.1 Å². The molecule has 3 nitrogen and oxygen atoms in total. The average molecular weight is 452 g/mol. The molecule has 0 aromatic heterocycles. The van der Waals surface area contributed by atoms with Gasteiger partial charge in [-0.2, -0.15) is 24.9 Å². The van der Waals surface area contributed by atoms with Gasteiger partial charge in [-0.1, -0.05) is 23.7 Å². The van der Waals surface area contributed by atoms with Crippen molar-refractivity contribution in [3.8, 4) is 0 Å². The van der Waals surface area contributed by atoms with Crippen LogP contribution >= 0.6 is 23.4 Å². The molecule has 2 unspecified atom stereocenters. The fraction of sp³-hybridized carbons (Fsp3) is 0.667. The fourth-order valence-corrected chi connectivity index (χ4v) is 5.54. The Balaban J connectivity index is 1.86. The summed E-state index contributed by atoms with van der Waals surface area (Å²) in [4.78, 5) is 10.7. The zero-order chi connectivity index (χ0) is 21.6. The first kappa shape index (κ1) is 24.4. The summed E-state index contributed by atoms with van der Waals surface area (Å²) in [7, 11) is 0. The number of aliphatic carboxylic acids is 1. The highest BCUT2D eigenvalue weighted by molar-refractivity contribution is 7.99. The molecule has 3 N–H and O–H groups in total. The van der Waals surface area contributed by atoms with Crippen LogP contribution < -0.4 is 5.73 Å². The Morgan fingerprint density at radius 2 is 1.86 bits per heavy atom. The van der Waals surface area contributed by atoms with Crippen molar-refractivity contribution >= 4 is 29.3 Å². The van der Waals surface area contributed by atoms with E-state index in [1.165, 1.54) is 11.8 Å². The van der Waals surface area contributed by atoms with Gasteiger partial charge in [-0.25, -0.2) is 0 Å². The predicted octanol–water partition coefficient (Wildman–Crippen LogP) is 6.03. The van der Waals surface area contributed by atoms with E-state index in [0.29, 0.717) is 29.4 Å². The van der Waals surface area contributed by atoms with E-state index < -0.39 is 24.1 Å². The molecule has 2 rings (SSSR count). The molecule has 29 heavy (non-hydrogen) atoms. The number of halogens is 4. The van der Waals surface area contributed by atoms with Crippen LogP contribution in [-0.4, -0.2) is 34.8 Å². The van der Waals surface area contributed by atoms with E-state index in [1.54, 1.807) is 0 Å². The maximum Gasteiger partial charge on any atom is 0.392 e. The highest BCUT2D eigenvalue weighted by Gasteiger charge is 2.45. The number of carbonyl (C=O) groups is 1. The molecule has 0 amide bonds. The first-order valence-corrected chi connectivity index (χ1v) is 11.5. The van der Waals surface area contributed by atoms with Crippen LogP contribution in [0, 0.1) is 18.8 Å². The van der Waals surface area contributed by atoms with Crippen molar-refractivity contribution in [3.05, 3.63) is 34.3 Å². The van der Waals surface area contributed by atoms with Gasteiger partial charge in [-0.3, -0.25) is 4.79 Å². The van der Waals surface area contributed by atoms with Gasteiger partial charge in [0, 0.05) is 5.02 Å². The largest absolute Gasteiger partial charge is 0.480 e. The topological polar surface area (TPSA) is 63.3 Å². The van der Waals surface area contributed by atoms with Gasteiger partial charge in [-0.05, 0) is 86.0 Å². The summed E-state index contributed by atoms with van der Waals surface area (Å²) in [6.45, 7) is 1.97. The molecular weight excluding hydrogens is 423 g/mol. The summed E-state index contributed by atoms with van der Waals surface area (Å²) in [6, 6.07) is 4.96. The van der Waals surface area contributed by atoms with E-state index in [0.717, 1.165) is 24.0 Å². The Morgan fingerprint density at radius 1 is 1.24 bits per heavy atom. The molecule has 1 aliphatic carbocycles. The summed E-state index contributed by atoms with van der Waals surface area (Å²) >= 11 is 7.69. The van der Waals surface area contributed by atoms with E-state index in [4.69, 9.17) is 22.4 Å². The molecule has 164 valence electrons. The molecule has 1 saturated carbocycles. The van der Waals surface area contributed by atoms with Gasteiger partial charge in [0.2, 0.25) is 0 Å². The third-order valence-corrected chi connectivity index (χ3v) is 7.20. The number of alkyl halides is 3. The smallest absolute Gasteiger partial charge is 0.392 e. The number of benzene rings is 1. The SMILES string of the molecule is Cc1ccc(C2CCC(C(CCSCCC(N)C(=O)O)C(F)(F)F)CC2)c(Cl)c1. The molecule has 1 fully saturated rings. The van der Waals surface area contributed by atoms with Gasteiger partial charge in [0.05, 0.1) is 5.92 Å². The van der Waals surface area contributed by atoms with Gasteiger partial charge in [0.15, 0.2) is 0 Å². The second-order valence-corrected chi connectivity index (χ2v) is 9.55. The number of nitrogens with two attached hydrogens (primary N) is 1. The van der Waals surface area contributed by atoms with Gasteiger partial charge in [-0.15, -0.1) is 0 Å². The molecule has 0 saturated heterocycles. The number of aryl methyl sites for hydroxylation is 1. The summed E-state index contributed by atoms with van der Waals surface area (Å²) in [5, 5.41) is 9.45. The molecule has 8 heteroatoms. The van der Waals surface area contributed by atoms with Gasteiger partial charge >= 0.3 is 12.1 Å². The minimum atomic E-state index is -4.21. The van der Waals surface area contributed by atoms with Crippen molar-refractivity contribution in [2.75, 3.05) is 11.5 Å². The van der Waals surface area contributed by atoms with E-state index in [9.17, 15) is 18.0 Å². The molecule has 0 heterocycles. The molecule has 0 bridgehead atoms. The lowest BCUT2D eigenvalue weighted by Gasteiger charge is -2.35. The van der Waals surface area contributed by atoms with E-state index >= 15 is 0 Å². The third kappa shape index (κ3) is 7.37. The normalized spacial score (nSPS) is 22.3. The predicted molar refractivity (Wildman–Crippen MR) is 113 cm³/mol. The zero-order valence-corrected chi connectivity index (χ0v) is 18.1. The highest BCUT2D eigenvalue weighted by atomic mass is 35.5. The highest BCUT2D eigenvalue weighted by Crippen LogP contribution is 2.46. The number of carboxylic acids is 1. The Hall–Kier alpha value is -0.920. The van der Waals surface area contributed by atoms with Crippen LogP contribution in [0.5, 0.6) is 0 Å². The lowest BCUT2D eigenvalue weighted by molar-refractivity contribution is -0.192. The van der Waals surface area contributed by atoms with Crippen molar-refractivity contribution < 1.29 is 23.1 Å². The first-order valence-electron chi connectivity index (χ1n) is 9.98.